The zero-order valence-corrected chi connectivity index (χ0v) is 9.98. The Hall–Kier alpha value is -2.24. The Kier molecular flexibility index (Phi) is 3.36. The third kappa shape index (κ3) is 2.37. The number of nitrogens with two attached hydrogens (primary N) is 2. The van der Waals surface area contributed by atoms with Crippen molar-refractivity contribution < 1.29 is 9.59 Å². The maximum atomic E-state index is 11.5. The van der Waals surface area contributed by atoms with Crippen LogP contribution < -0.4 is 21.7 Å². The minimum atomic E-state index is -0.561. The van der Waals surface area contributed by atoms with Gasteiger partial charge < -0.3 is 21.7 Å². The number of nitrogens with one attached hydrogen (secondary N) is 1. The molecule has 0 spiro atoms. The molecular weight excluding hydrogens is 232 g/mol. The number of carbonyl (C=O) groups is 2. The van der Waals surface area contributed by atoms with E-state index in [1.54, 1.807) is 18.2 Å². The molecule has 5 N–H and O–H groups in total. The molecule has 1 fully saturated rings. The van der Waals surface area contributed by atoms with E-state index in [-0.39, 0.29) is 18.0 Å². The smallest absolute Gasteiger partial charge is 0.250 e. The van der Waals surface area contributed by atoms with E-state index in [0.717, 1.165) is 6.42 Å². The lowest BCUT2D eigenvalue weighted by molar-refractivity contribution is -0.119. The predicted octanol–water partition coefficient (Wildman–Crippen LogP) is -0.306. The summed E-state index contributed by atoms with van der Waals surface area (Å²) in [6, 6.07) is 5.09. The van der Waals surface area contributed by atoms with Crippen molar-refractivity contribution in [3.8, 4) is 0 Å². The van der Waals surface area contributed by atoms with Crippen LogP contribution in [-0.4, -0.2) is 31.4 Å². The summed E-state index contributed by atoms with van der Waals surface area (Å²) in [5.41, 5.74) is 12.5. The molecule has 6 heteroatoms. The molecule has 2 amide bonds. The highest BCUT2D eigenvalue weighted by Crippen LogP contribution is 2.26. The second-order valence-electron chi connectivity index (χ2n) is 4.23. The van der Waals surface area contributed by atoms with Crippen LogP contribution in [0.25, 0.3) is 0 Å². The molecule has 96 valence electrons. The van der Waals surface area contributed by atoms with Crippen LogP contribution in [0.15, 0.2) is 18.2 Å². The first kappa shape index (κ1) is 12.2. The zero-order valence-electron chi connectivity index (χ0n) is 9.98. The Morgan fingerprint density at radius 2 is 2.17 bits per heavy atom. The van der Waals surface area contributed by atoms with Gasteiger partial charge in [0.05, 0.1) is 23.5 Å². The summed E-state index contributed by atoms with van der Waals surface area (Å²) in [7, 11) is 0. The molecule has 6 nitrogen and oxygen atoms in total. The lowest BCUT2D eigenvalue weighted by Crippen LogP contribution is -2.33. The molecule has 1 heterocycles. The Labute approximate surface area is 105 Å². The molecule has 1 aliphatic rings. The Balaban J connectivity index is 2.35. The largest absolute Gasteiger partial charge is 0.396 e. The highest BCUT2D eigenvalue weighted by molar-refractivity contribution is 6.01. The summed E-state index contributed by atoms with van der Waals surface area (Å²) in [6.07, 6.45) is 0.839. The number of benzene rings is 1. The van der Waals surface area contributed by atoms with Crippen molar-refractivity contribution in [1.82, 2.24) is 5.32 Å². The maximum absolute atomic E-state index is 11.5. The van der Waals surface area contributed by atoms with Gasteiger partial charge in [0.1, 0.15) is 0 Å². The topological polar surface area (TPSA) is 101 Å². The third-order valence-corrected chi connectivity index (χ3v) is 2.95. The molecular formula is C12H16N4O2. The van der Waals surface area contributed by atoms with Gasteiger partial charge in [-0.2, -0.15) is 0 Å². The molecule has 0 atom stereocenters. The van der Waals surface area contributed by atoms with E-state index in [1.165, 1.54) is 0 Å². The van der Waals surface area contributed by atoms with E-state index in [9.17, 15) is 9.59 Å². The standard InChI is InChI=1S/C12H16N4O2/c13-11-8(12(14)18)3-1-4-9(11)16-6-2-5-15-10(17)7-16/h1,3-4H,2,5-7,13H2,(H2,14,18)(H,15,17). The average Bonchev–Trinajstić information content (AvgIpc) is 2.53. The molecule has 0 bridgehead atoms. The fourth-order valence-electron chi connectivity index (χ4n) is 2.06. The van der Waals surface area contributed by atoms with Gasteiger partial charge in [-0.1, -0.05) is 6.07 Å². The fourth-order valence-corrected chi connectivity index (χ4v) is 2.06. The van der Waals surface area contributed by atoms with Crippen LogP contribution in [0.5, 0.6) is 0 Å². The normalized spacial score (nSPS) is 16.0. The maximum Gasteiger partial charge on any atom is 0.250 e. The van der Waals surface area contributed by atoms with Gasteiger partial charge in [0, 0.05) is 13.1 Å². The summed E-state index contributed by atoms with van der Waals surface area (Å²) in [5.74, 6) is -0.606. The van der Waals surface area contributed by atoms with Crippen LogP contribution in [0.2, 0.25) is 0 Å². The fraction of sp³-hybridized carbons (Fsp3) is 0.333. The monoisotopic (exact) mass is 248 g/mol. The molecule has 1 aromatic rings. The van der Waals surface area contributed by atoms with E-state index >= 15 is 0 Å². The van der Waals surface area contributed by atoms with Crippen LogP contribution in [-0.2, 0) is 4.79 Å². The first-order chi connectivity index (χ1) is 8.59. The second kappa shape index (κ2) is 4.95. The second-order valence-corrected chi connectivity index (χ2v) is 4.23. The Morgan fingerprint density at radius 3 is 2.89 bits per heavy atom. The number of anilines is 2. The van der Waals surface area contributed by atoms with E-state index in [4.69, 9.17) is 11.5 Å². The molecule has 0 aromatic heterocycles. The number of para-hydroxylation sites is 1. The van der Waals surface area contributed by atoms with Crippen LogP contribution in [0.1, 0.15) is 16.8 Å². The third-order valence-electron chi connectivity index (χ3n) is 2.95. The van der Waals surface area contributed by atoms with Crippen LogP contribution in [0.3, 0.4) is 0 Å². The van der Waals surface area contributed by atoms with Crippen LogP contribution in [0.4, 0.5) is 11.4 Å². The van der Waals surface area contributed by atoms with Crippen molar-refractivity contribution >= 4 is 23.2 Å². The number of nitrogens with zero attached hydrogens (tertiary/aromatic N) is 1. The minimum absolute atomic E-state index is 0.0450. The van der Waals surface area contributed by atoms with Gasteiger partial charge in [-0.05, 0) is 18.6 Å². The van der Waals surface area contributed by atoms with Gasteiger partial charge in [0.15, 0.2) is 0 Å². The first-order valence-electron chi connectivity index (χ1n) is 5.79. The van der Waals surface area contributed by atoms with E-state index in [2.05, 4.69) is 5.32 Å². The Morgan fingerprint density at radius 1 is 1.39 bits per heavy atom. The minimum Gasteiger partial charge on any atom is -0.396 e. The van der Waals surface area contributed by atoms with Crippen molar-refractivity contribution in [2.45, 2.75) is 6.42 Å². The molecule has 1 saturated heterocycles. The van der Waals surface area contributed by atoms with Gasteiger partial charge in [-0.3, -0.25) is 9.59 Å². The van der Waals surface area contributed by atoms with E-state index in [0.29, 0.717) is 24.5 Å². The number of rotatable bonds is 2. The van der Waals surface area contributed by atoms with E-state index in [1.807, 2.05) is 4.90 Å². The molecule has 18 heavy (non-hydrogen) atoms. The summed E-state index contributed by atoms with van der Waals surface area (Å²) in [4.78, 5) is 24.6. The molecule has 0 saturated carbocycles. The summed E-state index contributed by atoms with van der Waals surface area (Å²) < 4.78 is 0. The predicted molar refractivity (Wildman–Crippen MR) is 69.2 cm³/mol. The van der Waals surface area contributed by atoms with Crippen molar-refractivity contribution in [1.29, 1.82) is 0 Å². The molecule has 1 aromatic carbocycles. The number of amides is 2. The van der Waals surface area contributed by atoms with Gasteiger partial charge in [-0.15, -0.1) is 0 Å². The van der Waals surface area contributed by atoms with Crippen LogP contribution in [0, 0.1) is 0 Å². The van der Waals surface area contributed by atoms with Crippen molar-refractivity contribution in [3.63, 3.8) is 0 Å². The molecule has 1 aliphatic heterocycles. The molecule has 2 rings (SSSR count). The SMILES string of the molecule is NC(=O)c1cccc(N2CCCNC(=O)C2)c1N. The molecule has 0 radical (unpaired) electrons. The number of hydrogen-bond acceptors (Lipinski definition) is 4. The van der Waals surface area contributed by atoms with Gasteiger partial charge in [0.25, 0.3) is 5.91 Å². The lowest BCUT2D eigenvalue weighted by atomic mass is 10.1. The molecule has 0 unspecified atom stereocenters. The first-order valence-corrected chi connectivity index (χ1v) is 5.79. The van der Waals surface area contributed by atoms with Gasteiger partial charge >= 0.3 is 0 Å². The van der Waals surface area contributed by atoms with Gasteiger partial charge in [0.2, 0.25) is 5.91 Å². The van der Waals surface area contributed by atoms with Crippen molar-refractivity contribution in [3.05, 3.63) is 23.8 Å². The average molecular weight is 248 g/mol. The Bertz CT molecular complexity index is 487. The summed E-state index contributed by atoms with van der Waals surface area (Å²) in [5, 5.41) is 2.79. The van der Waals surface area contributed by atoms with Gasteiger partial charge in [-0.25, -0.2) is 0 Å². The summed E-state index contributed by atoms with van der Waals surface area (Å²) >= 11 is 0. The number of carbonyl (C=O) groups excluding carboxylic acids is 2. The zero-order chi connectivity index (χ0) is 13.1. The quantitative estimate of drug-likeness (QED) is 0.625. The summed E-state index contributed by atoms with van der Waals surface area (Å²) in [6.45, 7) is 1.61. The van der Waals surface area contributed by atoms with Crippen molar-refractivity contribution in [2.24, 2.45) is 5.73 Å². The van der Waals surface area contributed by atoms with Crippen molar-refractivity contribution in [2.75, 3.05) is 30.3 Å². The van der Waals surface area contributed by atoms with Crippen LogP contribution >= 0.6 is 0 Å². The lowest BCUT2D eigenvalue weighted by Gasteiger charge is -2.23. The van der Waals surface area contributed by atoms with E-state index < -0.39 is 5.91 Å². The number of nitrogen functional groups attached to an aromatic ring is 1. The highest BCUT2D eigenvalue weighted by atomic mass is 16.2. The number of primary amides is 1. The molecule has 0 aliphatic carbocycles. The number of hydrogen-bond donors (Lipinski definition) is 3. The highest BCUT2D eigenvalue weighted by Gasteiger charge is 2.19.